The molecule has 0 radical (unpaired) electrons. The first-order valence-corrected chi connectivity index (χ1v) is 6.67. The first-order chi connectivity index (χ1) is 9.78. The fraction of sp³-hybridized carbons (Fsp3) is 0.118. The van der Waals surface area contributed by atoms with Gasteiger partial charge in [-0.15, -0.1) is 0 Å². The predicted molar refractivity (Wildman–Crippen MR) is 82.0 cm³/mol. The lowest BCUT2D eigenvalue weighted by atomic mass is 10.1. The Morgan fingerprint density at radius 1 is 1.10 bits per heavy atom. The normalized spacial score (nSPS) is 10.7. The minimum atomic E-state index is 0.733. The zero-order chi connectivity index (χ0) is 13.9. The SMILES string of the molecule is CCc1cccc(Oc2ccc(N)c3ccncc23)c1. The van der Waals surface area contributed by atoms with Crippen LogP contribution in [-0.4, -0.2) is 4.98 Å². The summed E-state index contributed by atoms with van der Waals surface area (Å²) < 4.78 is 5.99. The van der Waals surface area contributed by atoms with Crippen LogP contribution in [0.25, 0.3) is 10.8 Å². The van der Waals surface area contributed by atoms with Crippen LogP contribution in [0, 0.1) is 0 Å². The second kappa shape index (κ2) is 5.21. The van der Waals surface area contributed by atoms with E-state index < -0.39 is 0 Å². The summed E-state index contributed by atoms with van der Waals surface area (Å²) in [6, 6.07) is 13.8. The van der Waals surface area contributed by atoms with Gasteiger partial charge in [-0.2, -0.15) is 0 Å². The van der Waals surface area contributed by atoms with Crippen molar-refractivity contribution in [2.24, 2.45) is 0 Å². The maximum atomic E-state index is 5.99. The third-order valence-electron chi connectivity index (χ3n) is 3.35. The molecule has 0 aliphatic rings. The van der Waals surface area contributed by atoms with Crippen molar-refractivity contribution in [3.8, 4) is 11.5 Å². The summed E-state index contributed by atoms with van der Waals surface area (Å²) in [6.07, 6.45) is 4.51. The minimum absolute atomic E-state index is 0.733. The number of rotatable bonds is 3. The van der Waals surface area contributed by atoms with Gasteiger partial charge in [0.1, 0.15) is 11.5 Å². The Balaban J connectivity index is 2.04. The van der Waals surface area contributed by atoms with Gasteiger partial charge in [0.2, 0.25) is 0 Å². The first kappa shape index (κ1) is 12.5. The van der Waals surface area contributed by atoms with Crippen molar-refractivity contribution in [1.82, 2.24) is 4.98 Å². The van der Waals surface area contributed by atoms with E-state index in [1.165, 1.54) is 5.56 Å². The van der Waals surface area contributed by atoms with Crippen molar-refractivity contribution >= 4 is 16.5 Å². The number of nitrogens with zero attached hydrogens (tertiary/aromatic N) is 1. The molecule has 0 spiro atoms. The molecule has 3 rings (SSSR count). The predicted octanol–water partition coefficient (Wildman–Crippen LogP) is 4.17. The summed E-state index contributed by atoms with van der Waals surface area (Å²) in [5.41, 5.74) is 7.96. The number of aryl methyl sites for hydroxylation is 1. The zero-order valence-corrected chi connectivity index (χ0v) is 11.3. The van der Waals surface area contributed by atoms with Gasteiger partial charge < -0.3 is 10.5 Å². The molecule has 0 atom stereocenters. The summed E-state index contributed by atoms with van der Waals surface area (Å²) in [5, 5.41) is 1.89. The Bertz CT molecular complexity index is 753. The molecule has 0 amide bonds. The number of hydrogen-bond acceptors (Lipinski definition) is 3. The number of fused-ring (bicyclic) bond motifs is 1. The van der Waals surface area contributed by atoms with Crippen LogP contribution < -0.4 is 10.5 Å². The molecular weight excluding hydrogens is 248 g/mol. The molecule has 0 saturated carbocycles. The number of nitrogen functional groups attached to an aromatic ring is 1. The quantitative estimate of drug-likeness (QED) is 0.722. The fourth-order valence-electron chi connectivity index (χ4n) is 2.23. The molecule has 0 aliphatic heterocycles. The van der Waals surface area contributed by atoms with Crippen LogP contribution in [0.3, 0.4) is 0 Å². The van der Waals surface area contributed by atoms with Crippen molar-refractivity contribution in [2.75, 3.05) is 5.73 Å². The van der Waals surface area contributed by atoms with Gasteiger partial charge in [0.05, 0.1) is 0 Å². The van der Waals surface area contributed by atoms with Gasteiger partial charge in [0.25, 0.3) is 0 Å². The number of ether oxygens (including phenoxy) is 1. The average Bonchev–Trinajstić information content (AvgIpc) is 2.51. The van der Waals surface area contributed by atoms with Gasteiger partial charge in [-0.05, 0) is 42.3 Å². The van der Waals surface area contributed by atoms with Crippen molar-refractivity contribution < 1.29 is 4.74 Å². The number of aromatic nitrogens is 1. The second-order valence-electron chi connectivity index (χ2n) is 4.68. The molecule has 3 aromatic rings. The minimum Gasteiger partial charge on any atom is -0.457 e. The highest BCUT2D eigenvalue weighted by atomic mass is 16.5. The molecule has 0 fully saturated rings. The molecule has 3 nitrogen and oxygen atoms in total. The number of anilines is 1. The van der Waals surface area contributed by atoms with E-state index in [1.807, 2.05) is 30.3 Å². The second-order valence-corrected chi connectivity index (χ2v) is 4.68. The lowest BCUT2D eigenvalue weighted by Gasteiger charge is -2.11. The van der Waals surface area contributed by atoms with E-state index in [4.69, 9.17) is 10.5 Å². The molecule has 0 aliphatic carbocycles. The van der Waals surface area contributed by atoms with Gasteiger partial charge in [-0.3, -0.25) is 4.98 Å². The Labute approximate surface area is 118 Å². The standard InChI is InChI=1S/C17H16N2O/c1-2-12-4-3-5-13(10-12)20-17-7-6-16(18)14-8-9-19-11-15(14)17/h3-11H,2,18H2,1H3. The van der Waals surface area contributed by atoms with Gasteiger partial charge in [0, 0.05) is 28.9 Å². The fourth-order valence-corrected chi connectivity index (χ4v) is 2.23. The average molecular weight is 264 g/mol. The van der Waals surface area contributed by atoms with E-state index in [0.717, 1.165) is 34.4 Å². The summed E-state index contributed by atoms with van der Waals surface area (Å²) >= 11 is 0. The highest BCUT2D eigenvalue weighted by Crippen LogP contribution is 2.32. The maximum Gasteiger partial charge on any atom is 0.136 e. The van der Waals surface area contributed by atoms with E-state index >= 15 is 0 Å². The number of pyridine rings is 1. The summed E-state index contributed by atoms with van der Waals surface area (Å²) in [7, 11) is 0. The number of hydrogen-bond donors (Lipinski definition) is 1. The van der Waals surface area contributed by atoms with Crippen LogP contribution in [0.15, 0.2) is 54.9 Å². The molecule has 3 heteroatoms. The molecule has 0 saturated heterocycles. The Kier molecular flexibility index (Phi) is 3.25. The van der Waals surface area contributed by atoms with Gasteiger partial charge in [0.15, 0.2) is 0 Å². The molecule has 0 bridgehead atoms. The van der Waals surface area contributed by atoms with Crippen LogP contribution in [0.2, 0.25) is 0 Å². The molecule has 1 aromatic heterocycles. The van der Waals surface area contributed by atoms with Gasteiger partial charge >= 0.3 is 0 Å². The van der Waals surface area contributed by atoms with E-state index in [-0.39, 0.29) is 0 Å². The van der Waals surface area contributed by atoms with Gasteiger partial charge in [-0.1, -0.05) is 19.1 Å². The summed E-state index contributed by atoms with van der Waals surface area (Å²) in [4.78, 5) is 4.15. The van der Waals surface area contributed by atoms with Crippen LogP contribution in [-0.2, 0) is 6.42 Å². The zero-order valence-electron chi connectivity index (χ0n) is 11.3. The molecule has 1 heterocycles. The van der Waals surface area contributed by atoms with Crippen molar-refractivity contribution in [3.05, 3.63) is 60.4 Å². The molecule has 2 aromatic carbocycles. The van der Waals surface area contributed by atoms with E-state index in [9.17, 15) is 0 Å². The highest BCUT2D eigenvalue weighted by Gasteiger charge is 2.06. The number of nitrogens with two attached hydrogens (primary N) is 1. The van der Waals surface area contributed by atoms with E-state index in [1.54, 1.807) is 12.4 Å². The largest absolute Gasteiger partial charge is 0.457 e. The lowest BCUT2D eigenvalue weighted by molar-refractivity contribution is 0.487. The van der Waals surface area contributed by atoms with Crippen LogP contribution in [0.4, 0.5) is 5.69 Å². The smallest absolute Gasteiger partial charge is 0.136 e. The Morgan fingerprint density at radius 3 is 2.85 bits per heavy atom. The van der Waals surface area contributed by atoms with E-state index in [2.05, 4.69) is 24.0 Å². The topological polar surface area (TPSA) is 48.1 Å². The maximum absolute atomic E-state index is 5.99. The number of benzene rings is 2. The first-order valence-electron chi connectivity index (χ1n) is 6.67. The lowest BCUT2D eigenvalue weighted by Crippen LogP contribution is -1.92. The van der Waals surface area contributed by atoms with Crippen LogP contribution in [0.5, 0.6) is 11.5 Å². The van der Waals surface area contributed by atoms with Crippen molar-refractivity contribution in [3.63, 3.8) is 0 Å². The summed E-state index contributed by atoms with van der Waals surface area (Å²) in [5.74, 6) is 1.61. The monoisotopic (exact) mass is 264 g/mol. The third kappa shape index (κ3) is 2.30. The molecule has 100 valence electrons. The Morgan fingerprint density at radius 2 is 2.00 bits per heavy atom. The van der Waals surface area contributed by atoms with Gasteiger partial charge in [-0.25, -0.2) is 0 Å². The summed E-state index contributed by atoms with van der Waals surface area (Å²) in [6.45, 7) is 2.13. The van der Waals surface area contributed by atoms with Crippen LogP contribution in [0.1, 0.15) is 12.5 Å². The molecular formula is C17H16N2O. The van der Waals surface area contributed by atoms with Crippen molar-refractivity contribution in [2.45, 2.75) is 13.3 Å². The van der Waals surface area contributed by atoms with E-state index in [0.29, 0.717) is 0 Å². The molecule has 20 heavy (non-hydrogen) atoms. The molecule has 0 unspecified atom stereocenters. The Hall–Kier alpha value is -2.55. The van der Waals surface area contributed by atoms with Crippen LogP contribution >= 0.6 is 0 Å². The highest BCUT2D eigenvalue weighted by molar-refractivity contribution is 5.96. The van der Waals surface area contributed by atoms with Crippen molar-refractivity contribution in [1.29, 1.82) is 0 Å². The molecule has 2 N–H and O–H groups in total. The third-order valence-corrected chi connectivity index (χ3v) is 3.35.